The molecular weight excluding hydrogens is 426 g/mol. The molecular formula is C22H28F2N2O4S. The van der Waals surface area contributed by atoms with Crippen molar-refractivity contribution < 1.29 is 26.7 Å². The fraction of sp³-hybridized carbons (Fsp3) is 0.455. The number of hydrogen-bond donors (Lipinski definition) is 1. The highest BCUT2D eigenvalue weighted by atomic mass is 32.2. The molecule has 0 radical (unpaired) electrons. The predicted octanol–water partition coefficient (Wildman–Crippen LogP) is 3.50. The number of halogens is 2. The Hall–Kier alpha value is -2.23. The Kier molecular flexibility index (Phi) is 8.22. The molecule has 6 nitrogen and oxygen atoms in total. The molecule has 1 aliphatic rings. The van der Waals surface area contributed by atoms with Crippen LogP contribution in [0.5, 0.6) is 11.5 Å². The number of benzene rings is 2. The molecule has 0 saturated carbocycles. The summed E-state index contributed by atoms with van der Waals surface area (Å²) < 4.78 is 61.9. The van der Waals surface area contributed by atoms with Crippen molar-refractivity contribution in [2.24, 2.45) is 5.92 Å². The van der Waals surface area contributed by atoms with E-state index in [1.807, 2.05) is 18.2 Å². The van der Waals surface area contributed by atoms with E-state index in [0.29, 0.717) is 25.3 Å². The standard InChI is InChI=1S/C22H28F2N2O4S/c1-2-31(27,28)25-21-12-13-26(14-17-6-4-3-5-7-17)15-18(21)16-29-19-8-10-20(11-9-19)30-22(23)24/h3-11,18,21-22,25H,2,12-16H2,1H3/t18-,21+/m0/s1. The van der Waals surface area contributed by atoms with E-state index >= 15 is 0 Å². The summed E-state index contributed by atoms with van der Waals surface area (Å²) in [6, 6.07) is 15.9. The summed E-state index contributed by atoms with van der Waals surface area (Å²) in [7, 11) is -3.34. The lowest BCUT2D eigenvalue weighted by atomic mass is 9.93. The normalized spacial score (nSPS) is 20.0. The second-order valence-electron chi connectivity index (χ2n) is 7.56. The van der Waals surface area contributed by atoms with Crippen molar-refractivity contribution in [1.82, 2.24) is 9.62 Å². The van der Waals surface area contributed by atoms with Crippen molar-refractivity contribution in [3.8, 4) is 11.5 Å². The van der Waals surface area contributed by atoms with E-state index in [-0.39, 0.29) is 23.5 Å². The van der Waals surface area contributed by atoms with E-state index in [1.54, 1.807) is 19.1 Å². The fourth-order valence-electron chi connectivity index (χ4n) is 3.65. The van der Waals surface area contributed by atoms with E-state index in [9.17, 15) is 17.2 Å². The molecule has 2 aromatic carbocycles. The monoisotopic (exact) mass is 454 g/mol. The third-order valence-electron chi connectivity index (χ3n) is 5.29. The number of rotatable bonds is 10. The summed E-state index contributed by atoms with van der Waals surface area (Å²) in [5.74, 6) is 0.536. The van der Waals surface area contributed by atoms with Crippen LogP contribution in [-0.4, -0.2) is 51.4 Å². The molecule has 1 fully saturated rings. The summed E-state index contributed by atoms with van der Waals surface area (Å²) in [5.41, 5.74) is 1.20. The first kappa shape index (κ1) is 23.4. The maximum atomic E-state index is 12.3. The molecule has 0 unspecified atom stereocenters. The average molecular weight is 455 g/mol. The van der Waals surface area contributed by atoms with Gasteiger partial charge >= 0.3 is 6.61 Å². The lowest BCUT2D eigenvalue weighted by Gasteiger charge is -2.38. The van der Waals surface area contributed by atoms with Gasteiger partial charge in [0.2, 0.25) is 10.0 Å². The Morgan fingerprint density at radius 3 is 2.42 bits per heavy atom. The molecule has 170 valence electrons. The van der Waals surface area contributed by atoms with Gasteiger partial charge in [-0.15, -0.1) is 0 Å². The molecule has 2 atom stereocenters. The zero-order valence-electron chi connectivity index (χ0n) is 17.4. The first-order chi connectivity index (χ1) is 14.8. The van der Waals surface area contributed by atoms with Crippen molar-refractivity contribution >= 4 is 10.0 Å². The van der Waals surface area contributed by atoms with Crippen molar-refractivity contribution in [3.05, 3.63) is 60.2 Å². The van der Waals surface area contributed by atoms with Gasteiger partial charge in [0.1, 0.15) is 11.5 Å². The first-order valence-electron chi connectivity index (χ1n) is 10.3. The largest absolute Gasteiger partial charge is 0.493 e. The minimum Gasteiger partial charge on any atom is -0.493 e. The Balaban J connectivity index is 1.64. The molecule has 1 aliphatic heterocycles. The van der Waals surface area contributed by atoms with Crippen LogP contribution in [0.2, 0.25) is 0 Å². The maximum absolute atomic E-state index is 12.3. The minimum absolute atomic E-state index is 0.0242. The van der Waals surface area contributed by atoms with Crippen molar-refractivity contribution in [2.75, 3.05) is 25.4 Å². The Bertz CT molecular complexity index is 911. The van der Waals surface area contributed by atoms with Gasteiger partial charge in [0.25, 0.3) is 0 Å². The van der Waals surface area contributed by atoms with Crippen molar-refractivity contribution in [2.45, 2.75) is 32.5 Å². The zero-order valence-corrected chi connectivity index (χ0v) is 18.2. The van der Waals surface area contributed by atoms with Gasteiger partial charge in [-0.05, 0) is 43.2 Å². The second kappa shape index (κ2) is 10.9. The molecule has 0 amide bonds. The summed E-state index contributed by atoms with van der Waals surface area (Å²) in [6.45, 7) is 1.28. The van der Waals surface area contributed by atoms with Crippen LogP contribution in [0.1, 0.15) is 18.9 Å². The number of nitrogens with one attached hydrogen (secondary N) is 1. The highest BCUT2D eigenvalue weighted by Crippen LogP contribution is 2.24. The van der Waals surface area contributed by atoms with Gasteiger partial charge in [0, 0.05) is 31.6 Å². The van der Waals surface area contributed by atoms with Crippen LogP contribution < -0.4 is 14.2 Å². The van der Waals surface area contributed by atoms with E-state index in [4.69, 9.17) is 4.74 Å². The Labute approximate surface area is 182 Å². The van der Waals surface area contributed by atoms with E-state index in [1.165, 1.54) is 17.7 Å². The van der Waals surface area contributed by atoms with Gasteiger partial charge in [-0.2, -0.15) is 8.78 Å². The van der Waals surface area contributed by atoms with Crippen LogP contribution in [0.15, 0.2) is 54.6 Å². The lowest BCUT2D eigenvalue weighted by Crippen LogP contribution is -2.52. The minimum atomic E-state index is -3.34. The smallest absolute Gasteiger partial charge is 0.387 e. The van der Waals surface area contributed by atoms with E-state index in [0.717, 1.165) is 13.1 Å². The van der Waals surface area contributed by atoms with Gasteiger partial charge < -0.3 is 9.47 Å². The topological polar surface area (TPSA) is 67.9 Å². The van der Waals surface area contributed by atoms with Crippen LogP contribution in [-0.2, 0) is 16.6 Å². The molecule has 31 heavy (non-hydrogen) atoms. The van der Waals surface area contributed by atoms with Gasteiger partial charge in [0.15, 0.2) is 0 Å². The fourth-order valence-corrected chi connectivity index (χ4v) is 4.59. The number of likely N-dealkylation sites (tertiary alicyclic amines) is 1. The van der Waals surface area contributed by atoms with Crippen LogP contribution in [0, 0.1) is 5.92 Å². The third-order valence-corrected chi connectivity index (χ3v) is 6.71. The maximum Gasteiger partial charge on any atom is 0.387 e. The summed E-state index contributed by atoms with van der Waals surface area (Å²) in [5, 5.41) is 0. The number of ether oxygens (including phenoxy) is 2. The highest BCUT2D eigenvalue weighted by molar-refractivity contribution is 7.89. The molecule has 1 N–H and O–H groups in total. The number of alkyl halides is 2. The van der Waals surface area contributed by atoms with E-state index in [2.05, 4.69) is 26.5 Å². The highest BCUT2D eigenvalue weighted by Gasteiger charge is 2.32. The lowest BCUT2D eigenvalue weighted by molar-refractivity contribution is -0.0498. The molecule has 3 rings (SSSR count). The van der Waals surface area contributed by atoms with Gasteiger partial charge in [-0.1, -0.05) is 30.3 Å². The molecule has 9 heteroatoms. The average Bonchev–Trinajstić information content (AvgIpc) is 2.75. The van der Waals surface area contributed by atoms with Crippen LogP contribution in [0.4, 0.5) is 8.78 Å². The van der Waals surface area contributed by atoms with Gasteiger partial charge in [0.05, 0.1) is 12.4 Å². The number of nitrogens with zero attached hydrogens (tertiary/aromatic N) is 1. The zero-order chi connectivity index (χ0) is 22.3. The quantitative estimate of drug-likeness (QED) is 0.595. The van der Waals surface area contributed by atoms with Crippen LogP contribution >= 0.6 is 0 Å². The molecule has 0 bridgehead atoms. The number of piperidine rings is 1. The van der Waals surface area contributed by atoms with Crippen LogP contribution in [0.25, 0.3) is 0 Å². The molecule has 0 spiro atoms. The Morgan fingerprint density at radius 2 is 1.77 bits per heavy atom. The second-order valence-corrected chi connectivity index (χ2v) is 9.60. The summed E-state index contributed by atoms with van der Waals surface area (Å²) >= 11 is 0. The van der Waals surface area contributed by atoms with Gasteiger partial charge in [-0.25, -0.2) is 13.1 Å². The number of sulfonamides is 1. The molecule has 2 aromatic rings. The van der Waals surface area contributed by atoms with E-state index < -0.39 is 16.6 Å². The molecule has 1 heterocycles. The third kappa shape index (κ3) is 7.45. The molecule has 1 saturated heterocycles. The first-order valence-corrected chi connectivity index (χ1v) is 11.9. The predicted molar refractivity (Wildman–Crippen MR) is 115 cm³/mol. The number of hydrogen-bond acceptors (Lipinski definition) is 5. The van der Waals surface area contributed by atoms with Crippen molar-refractivity contribution in [1.29, 1.82) is 0 Å². The SMILES string of the molecule is CCS(=O)(=O)N[C@@H]1CCN(Cc2ccccc2)C[C@H]1COc1ccc(OC(F)F)cc1. The molecule has 0 aliphatic carbocycles. The summed E-state index contributed by atoms with van der Waals surface area (Å²) in [4.78, 5) is 2.29. The van der Waals surface area contributed by atoms with Gasteiger partial charge in [-0.3, -0.25) is 4.90 Å². The van der Waals surface area contributed by atoms with Crippen molar-refractivity contribution in [3.63, 3.8) is 0 Å². The van der Waals surface area contributed by atoms with Crippen LogP contribution in [0.3, 0.4) is 0 Å². The summed E-state index contributed by atoms with van der Waals surface area (Å²) in [6.07, 6.45) is 0.682. The Morgan fingerprint density at radius 1 is 1.10 bits per heavy atom. The molecule has 0 aromatic heterocycles.